The standard InChI is InChI=1S/C13H14ClN3O6/c1-16(2)11(18)7-23-12(19)6-15-13(20)8-3-4-9(14)10(5-8)17(21)22/h3-5H,6-7H2,1-2H3,(H,15,20). The Morgan fingerprint density at radius 2 is 2.00 bits per heavy atom. The van der Waals surface area contributed by atoms with Crippen LogP contribution in [0.2, 0.25) is 5.02 Å². The van der Waals surface area contributed by atoms with Gasteiger partial charge in [-0.2, -0.15) is 0 Å². The van der Waals surface area contributed by atoms with Crippen LogP contribution in [0.15, 0.2) is 18.2 Å². The molecule has 9 nitrogen and oxygen atoms in total. The van der Waals surface area contributed by atoms with Crippen molar-refractivity contribution in [1.29, 1.82) is 0 Å². The highest BCUT2D eigenvalue weighted by atomic mass is 35.5. The zero-order valence-electron chi connectivity index (χ0n) is 12.4. The van der Waals surface area contributed by atoms with Crippen LogP contribution in [0.4, 0.5) is 5.69 Å². The van der Waals surface area contributed by atoms with Crippen LogP contribution in [0.3, 0.4) is 0 Å². The predicted octanol–water partition coefficient (Wildman–Crippen LogP) is 0.609. The third-order valence-corrected chi connectivity index (χ3v) is 2.97. The Hall–Kier alpha value is -2.68. The Kier molecular flexibility index (Phi) is 6.46. The summed E-state index contributed by atoms with van der Waals surface area (Å²) in [5.41, 5.74) is -0.447. The lowest BCUT2D eigenvalue weighted by Gasteiger charge is -2.10. The van der Waals surface area contributed by atoms with E-state index in [-0.39, 0.29) is 10.6 Å². The monoisotopic (exact) mass is 343 g/mol. The SMILES string of the molecule is CN(C)C(=O)COC(=O)CNC(=O)c1ccc(Cl)c([N+](=O)[O-])c1. The number of carbonyl (C=O) groups is 3. The highest BCUT2D eigenvalue weighted by molar-refractivity contribution is 6.32. The summed E-state index contributed by atoms with van der Waals surface area (Å²) in [5, 5.41) is 12.9. The van der Waals surface area contributed by atoms with Gasteiger partial charge in [-0.3, -0.25) is 24.5 Å². The molecule has 0 aromatic heterocycles. The molecule has 0 heterocycles. The Bertz CT molecular complexity index is 647. The minimum absolute atomic E-state index is 0.0294. The van der Waals surface area contributed by atoms with Gasteiger partial charge in [0.2, 0.25) is 0 Å². The molecule has 0 radical (unpaired) electrons. The first-order valence-electron chi connectivity index (χ1n) is 6.30. The van der Waals surface area contributed by atoms with Crippen LogP contribution < -0.4 is 5.32 Å². The molecule has 1 aromatic carbocycles. The van der Waals surface area contributed by atoms with Gasteiger partial charge in [0.15, 0.2) is 6.61 Å². The number of rotatable bonds is 6. The van der Waals surface area contributed by atoms with Crippen molar-refractivity contribution in [3.05, 3.63) is 38.9 Å². The number of halogens is 1. The number of benzene rings is 1. The minimum atomic E-state index is -0.808. The van der Waals surface area contributed by atoms with E-state index in [9.17, 15) is 24.5 Å². The van der Waals surface area contributed by atoms with Gasteiger partial charge in [-0.1, -0.05) is 11.6 Å². The van der Waals surface area contributed by atoms with E-state index in [1.807, 2.05) is 0 Å². The van der Waals surface area contributed by atoms with E-state index in [2.05, 4.69) is 10.1 Å². The summed E-state index contributed by atoms with van der Waals surface area (Å²) in [6, 6.07) is 3.49. The normalized spacial score (nSPS) is 9.87. The van der Waals surface area contributed by atoms with Gasteiger partial charge in [0.05, 0.1) is 4.92 Å². The van der Waals surface area contributed by atoms with Crippen molar-refractivity contribution in [3.8, 4) is 0 Å². The predicted molar refractivity (Wildman–Crippen MR) is 80.1 cm³/mol. The average Bonchev–Trinajstić information content (AvgIpc) is 2.50. The maximum atomic E-state index is 11.8. The highest BCUT2D eigenvalue weighted by Crippen LogP contribution is 2.24. The van der Waals surface area contributed by atoms with Gasteiger partial charge in [-0.25, -0.2) is 0 Å². The third-order valence-electron chi connectivity index (χ3n) is 2.65. The Balaban J connectivity index is 2.57. The second kappa shape index (κ2) is 8.08. The molecule has 10 heteroatoms. The van der Waals surface area contributed by atoms with E-state index < -0.39 is 41.5 Å². The van der Waals surface area contributed by atoms with E-state index in [1.54, 1.807) is 0 Å². The van der Waals surface area contributed by atoms with Crippen molar-refractivity contribution in [1.82, 2.24) is 10.2 Å². The van der Waals surface area contributed by atoms with E-state index in [4.69, 9.17) is 11.6 Å². The summed E-state index contributed by atoms with van der Waals surface area (Å²) in [7, 11) is 3.01. The zero-order valence-corrected chi connectivity index (χ0v) is 13.1. The molecular weight excluding hydrogens is 330 g/mol. The molecule has 2 amide bonds. The number of nitro benzene ring substituents is 1. The molecule has 0 unspecified atom stereocenters. The topological polar surface area (TPSA) is 119 Å². The first-order chi connectivity index (χ1) is 10.7. The number of esters is 1. The maximum absolute atomic E-state index is 11.8. The molecule has 1 N–H and O–H groups in total. The third kappa shape index (κ3) is 5.55. The molecule has 124 valence electrons. The molecule has 1 rings (SSSR count). The fraction of sp³-hybridized carbons (Fsp3) is 0.308. The lowest BCUT2D eigenvalue weighted by Crippen LogP contribution is -2.33. The Morgan fingerprint density at radius 1 is 1.35 bits per heavy atom. The fourth-order valence-corrected chi connectivity index (χ4v) is 1.56. The fourth-order valence-electron chi connectivity index (χ4n) is 1.37. The van der Waals surface area contributed by atoms with Crippen molar-refractivity contribution < 1.29 is 24.0 Å². The van der Waals surface area contributed by atoms with Crippen LogP contribution in [0.1, 0.15) is 10.4 Å². The number of nitrogens with zero attached hydrogens (tertiary/aromatic N) is 2. The molecule has 0 aliphatic rings. The van der Waals surface area contributed by atoms with E-state index in [0.717, 1.165) is 6.07 Å². The molecule has 0 aliphatic carbocycles. The van der Waals surface area contributed by atoms with Crippen LogP contribution in [0.25, 0.3) is 0 Å². The summed E-state index contributed by atoms with van der Waals surface area (Å²) in [5.74, 6) is -1.92. The average molecular weight is 344 g/mol. The minimum Gasteiger partial charge on any atom is -0.454 e. The highest BCUT2D eigenvalue weighted by Gasteiger charge is 2.17. The zero-order chi connectivity index (χ0) is 17.6. The van der Waals surface area contributed by atoms with Gasteiger partial charge in [0.1, 0.15) is 11.6 Å². The van der Waals surface area contributed by atoms with Gasteiger partial charge in [-0.05, 0) is 12.1 Å². The van der Waals surface area contributed by atoms with Crippen LogP contribution in [0.5, 0.6) is 0 Å². The molecule has 0 bridgehead atoms. The van der Waals surface area contributed by atoms with Crippen molar-refractivity contribution in [2.24, 2.45) is 0 Å². The number of hydrogen-bond donors (Lipinski definition) is 1. The number of carbonyl (C=O) groups excluding carboxylic acids is 3. The lowest BCUT2D eigenvalue weighted by molar-refractivity contribution is -0.384. The molecular formula is C13H14ClN3O6. The van der Waals surface area contributed by atoms with Crippen LogP contribution >= 0.6 is 11.6 Å². The molecule has 0 saturated carbocycles. The molecule has 0 saturated heterocycles. The first kappa shape index (κ1) is 18.4. The van der Waals surface area contributed by atoms with Gasteiger partial charge in [-0.15, -0.1) is 0 Å². The summed E-state index contributed by atoms with van der Waals surface area (Å²) in [6.07, 6.45) is 0. The maximum Gasteiger partial charge on any atom is 0.325 e. The molecule has 0 aliphatic heterocycles. The van der Waals surface area contributed by atoms with Crippen LogP contribution in [-0.4, -0.2) is 54.9 Å². The van der Waals surface area contributed by atoms with E-state index in [0.29, 0.717) is 0 Å². The second-order valence-electron chi connectivity index (χ2n) is 4.55. The smallest absolute Gasteiger partial charge is 0.325 e. The van der Waals surface area contributed by atoms with E-state index >= 15 is 0 Å². The quantitative estimate of drug-likeness (QED) is 0.459. The number of nitrogens with one attached hydrogen (secondary N) is 1. The van der Waals surface area contributed by atoms with Gasteiger partial charge in [0.25, 0.3) is 17.5 Å². The van der Waals surface area contributed by atoms with Crippen molar-refractivity contribution >= 4 is 35.1 Å². The summed E-state index contributed by atoms with van der Waals surface area (Å²) in [6.45, 7) is -0.913. The van der Waals surface area contributed by atoms with Gasteiger partial charge >= 0.3 is 5.97 Å². The Morgan fingerprint density at radius 3 is 2.57 bits per heavy atom. The lowest BCUT2D eigenvalue weighted by atomic mass is 10.2. The van der Waals surface area contributed by atoms with Gasteiger partial charge in [0, 0.05) is 25.7 Å². The first-order valence-corrected chi connectivity index (χ1v) is 6.68. The molecule has 23 heavy (non-hydrogen) atoms. The van der Waals surface area contributed by atoms with Gasteiger partial charge < -0.3 is 15.0 Å². The van der Waals surface area contributed by atoms with Crippen LogP contribution in [-0.2, 0) is 14.3 Å². The number of nitro groups is 1. The molecule has 0 fully saturated rings. The summed E-state index contributed by atoms with van der Waals surface area (Å²) < 4.78 is 4.66. The number of ether oxygens (including phenoxy) is 1. The molecule has 1 aromatic rings. The van der Waals surface area contributed by atoms with E-state index in [1.165, 1.54) is 31.1 Å². The van der Waals surface area contributed by atoms with Crippen LogP contribution in [0, 0.1) is 10.1 Å². The Labute approximate surface area is 136 Å². The van der Waals surface area contributed by atoms with Crippen molar-refractivity contribution in [2.45, 2.75) is 0 Å². The largest absolute Gasteiger partial charge is 0.454 e. The molecule has 0 spiro atoms. The number of amides is 2. The second-order valence-corrected chi connectivity index (χ2v) is 4.96. The van der Waals surface area contributed by atoms with Crippen molar-refractivity contribution in [3.63, 3.8) is 0 Å². The summed E-state index contributed by atoms with van der Waals surface area (Å²) in [4.78, 5) is 45.7. The molecule has 0 atom stereocenters. The number of likely N-dealkylation sites (N-methyl/N-ethyl adjacent to an activating group) is 1. The number of hydrogen-bond acceptors (Lipinski definition) is 6. The van der Waals surface area contributed by atoms with Crippen molar-refractivity contribution in [2.75, 3.05) is 27.2 Å². The summed E-state index contributed by atoms with van der Waals surface area (Å²) >= 11 is 5.64.